The highest BCUT2D eigenvalue weighted by molar-refractivity contribution is 5.92. The molecule has 0 unspecified atom stereocenters. The van der Waals surface area contributed by atoms with E-state index in [1.165, 1.54) is 12.3 Å². The lowest BCUT2D eigenvalue weighted by Gasteiger charge is -1.94. The minimum absolute atomic E-state index is 0.0185. The van der Waals surface area contributed by atoms with Crippen molar-refractivity contribution < 1.29 is 9.90 Å². The number of aromatic carboxylic acids is 1. The summed E-state index contributed by atoms with van der Waals surface area (Å²) in [6.45, 7) is 0. The molecule has 1 aromatic rings. The van der Waals surface area contributed by atoms with Gasteiger partial charge >= 0.3 is 5.97 Å². The van der Waals surface area contributed by atoms with Crippen molar-refractivity contribution in [2.75, 3.05) is 5.73 Å². The van der Waals surface area contributed by atoms with Crippen LogP contribution in [0.25, 0.3) is 0 Å². The van der Waals surface area contributed by atoms with Gasteiger partial charge < -0.3 is 10.8 Å². The molecule has 0 saturated carbocycles. The molecule has 0 spiro atoms. The van der Waals surface area contributed by atoms with Crippen LogP contribution in [0.4, 0.5) is 5.82 Å². The number of carboxylic acid groups (broad SMARTS) is 1. The van der Waals surface area contributed by atoms with E-state index in [0.717, 1.165) is 0 Å². The van der Waals surface area contributed by atoms with E-state index in [2.05, 4.69) is 10.2 Å². The summed E-state index contributed by atoms with van der Waals surface area (Å²) in [5, 5.41) is 15.2. The van der Waals surface area contributed by atoms with Gasteiger partial charge in [0.25, 0.3) is 0 Å². The van der Waals surface area contributed by atoms with E-state index >= 15 is 0 Å². The highest BCUT2D eigenvalue weighted by atomic mass is 16.4. The molecule has 0 aromatic carbocycles. The van der Waals surface area contributed by atoms with Crippen LogP contribution < -0.4 is 5.73 Å². The number of anilines is 1. The van der Waals surface area contributed by atoms with Crippen molar-refractivity contribution in [3.05, 3.63) is 17.8 Å². The molecule has 1 heterocycles. The Morgan fingerprint density at radius 3 is 2.80 bits per heavy atom. The number of carboxylic acids is 1. The molecule has 0 aliphatic heterocycles. The maximum absolute atomic E-state index is 10.3. The van der Waals surface area contributed by atoms with E-state index in [-0.39, 0.29) is 11.4 Å². The Hall–Kier alpha value is -1.65. The second-order valence-electron chi connectivity index (χ2n) is 1.64. The Kier molecular flexibility index (Phi) is 1.49. The van der Waals surface area contributed by atoms with Crippen LogP contribution in [0, 0.1) is 0 Å². The first-order valence-electron chi connectivity index (χ1n) is 2.52. The molecular weight excluding hydrogens is 134 g/mol. The number of carbonyl (C=O) groups is 1. The van der Waals surface area contributed by atoms with Gasteiger partial charge in [-0.15, -0.1) is 5.10 Å². The Labute approximate surface area is 56.5 Å². The van der Waals surface area contributed by atoms with Crippen LogP contribution in [0.1, 0.15) is 10.4 Å². The van der Waals surface area contributed by atoms with Crippen molar-refractivity contribution >= 4 is 11.8 Å². The van der Waals surface area contributed by atoms with Gasteiger partial charge in [-0.3, -0.25) is 0 Å². The van der Waals surface area contributed by atoms with Crippen LogP contribution in [0.3, 0.4) is 0 Å². The average molecular weight is 139 g/mol. The second-order valence-corrected chi connectivity index (χ2v) is 1.64. The molecule has 0 bridgehead atoms. The number of hydrogen-bond donors (Lipinski definition) is 2. The highest BCUT2D eigenvalue weighted by Crippen LogP contribution is 2.03. The monoisotopic (exact) mass is 139 g/mol. The average Bonchev–Trinajstić information content (AvgIpc) is 1.88. The second kappa shape index (κ2) is 2.30. The first-order chi connectivity index (χ1) is 4.72. The number of nitrogen functional groups attached to an aromatic ring is 1. The molecule has 5 nitrogen and oxygen atoms in total. The fourth-order valence-electron chi connectivity index (χ4n) is 0.523. The molecule has 0 aliphatic carbocycles. The van der Waals surface area contributed by atoms with Crippen molar-refractivity contribution in [2.45, 2.75) is 0 Å². The molecule has 0 amide bonds. The molecule has 0 saturated heterocycles. The fraction of sp³-hybridized carbons (Fsp3) is 0. The van der Waals surface area contributed by atoms with Crippen LogP contribution in [0.5, 0.6) is 0 Å². The van der Waals surface area contributed by atoms with Gasteiger partial charge in [-0.25, -0.2) is 4.79 Å². The molecule has 0 aliphatic rings. The van der Waals surface area contributed by atoms with E-state index in [4.69, 9.17) is 10.8 Å². The third-order valence-corrected chi connectivity index (χ3v) is 0.980. The van der Waals surface area contributed by atoms with E-state index in [0.29, 0.717) is 0 Å². The van der Waals surface area contributed by atoms with Crippen LogP contribution >= 0.6 is 0 Å². The lowest BCUT2D eigenvalue weighted by Crippen LogP contribution is -2.04. The number of nitrogens with zero attached hydrogens (tertiary/aromatic N) is 2. The summed E-state index contributed by atoms with van der Waals surface area (Å²) in [5.41, 5.74) is 5.15. The van der Waals surface area contributed by atoms with Crippen molar-refractivity contribution in [2.24, 2.45) is 0 Å². The molecule has 1 rings (SSSR count). The van der Waals surface area contributed by atoms with E-state index < -0.39 is 5.97 Å². The zero-order valence-electron chi connectivity index (χ0n) is 4.98. The maximum Gasteiger partial charge on any atom is 0.339 e. The number of rotatable bonds is 1. The standard InChI is InChI=1S/C5H5N3O2/c6-4-3(5(9)10)1-2-7-8-4/h1-2H,(H2,6,8)(H,9,10). The summed E-state index contributed by atoms with van der Waals surface area (Å²) in [7, 11) is 0. The number of nitrogens with two attached hydrogens (primary N) is 1. The van der Waals surface area contributed by atoms with Gasteiger partial charge in [0.15, 0.2) is 5.82 Å². The predicted octanol–water partition coefficient (Wildman–Crippen LogP) is -0.243. The van der Waals surface area contributed by atoms with Crippen molar-refractivity contribution in [3.63, 3.8) is 0 Å². The van der Waals surface area contributed by atoms with Gasteiger partial charge in [0.1, 0.15) is 5.56 Å². The zero-order chi connectivity index (χ0) is 7.56. The van der Waals surface area contributed by atoms with E-state index in [1.54, 1.807) is 0 Å². The number of hydrogen-bond acceptors (Lipinski definition) is 4. The Balaban J connectivity index is 3.15. The molecule has 3 N–H and O–H groups in total. The van der Waals surface area contributed by atoms with Crippen molar-refractivity contribution in [1.82, 2.24) is 10.2 Å². The summed E-state index contributed by atoms with van der Waals surface area (Å²) in [5.74, 6) is -1.15. The van der Waals surface area contributed by atoms with Gasteiger partial charge in [-0.1, -0.05) is 0 Å². The smallest absolute Gasteiger partial charge is 0.339 e. The van der Waals surface area contributed by atoms with Gasteiger partial charge in [0, 0.05) is 0 Å². The topological polar surface area (TPSA) is 89.1 Å². The van der Waals surface area contributed by atoms with Crippen molar-refractivity contribution in [1.29, 1.82) is 0 Å². The minimum atomic E-state index is -1.09. The van der Waals surface area contributed by atoms with Crippen molar-refractivity contribution in [3.8, 4) is 0 Å². The van der Waals surface area contributed by atoms with Gasteiger partial charge in [-0.05, 0) is 6.07 Å². The predicted molar refractivity (Wildman–Crippen MR) is 33.4 cm³/mol. The van der Waals surface area contributed by atoms with Gasteiger partial charge in [0.05, 0.1) is 6.20 Å². The Morgan fingerprint density at radius 1 is 1.70 bits per heavy atom. The Bertz CT molecular complexity index is 261. The molecule has 10 heavy (non-hydrogen) atoms. The summed E-state index contributed by atoms with van der Waals surface area (Å²) in [6, 6.07) is 1.30. The van der Waals surface area contributed by atoms with Gasteiger partial charge in [-0.2, -0.15) is 5.10 Å². The van der Waals surface area contributed by atoms with Crippen LogP contribution in [-0.2, 0) is 0 Å². The summed E-state index contributed by atoms with van der Waals surface area (Å²) < 4.78 is 0. The molecule has 1 aromatic heterocycles. The molecule has 0 radical (unpaired) electrons. The van der Waals surface area contributed by atoms with Gasteiger partial charge in [0.2, 0.25) is 0 Å². The molecule has 5 heteroatoms. The highest BCUT2D eigenvalue weighted by Gasteiger charge is 2.06. The largest absolute Gasteiger partial charge is 0.478 e. The fourth-order valence-corrected chi connectivity index (χ4v) is 0.523. The molecule has 0 fully saturated rings. The third-order valence-electron chi connectivity index (χ3n) is 0.980. The van der Waals surface area contributed by atoms with Crippen LogP contribution in [-0.4, -0.2) is 21.3 Å². The minimum Gasteiger partial charge on any atom is -0.478 e. The van der Waals surface area contributed by atoms with E-state index in [1.807, 2.05) is 0 Å². The van der Waals surface area contributed by atoms with E-state index in [9.17, 15) is 4.79 Å². The summed E-state index contributed by atoms with van der Waals surface area (Å²) in [6.07, 6.45) is 1.28. The third kappa shape index (κ3) is 1.02. The SMILES string of the molecule is Nc1nnccc1C(=O)O. The first kappa shape index (κ1) is 6.47. The normalized spacial score (nSPS) is 9.20. The molecule has 52 valence electrons. The maximum atomic E-state index is 10.3. The Morgan fingerprint density at radius 2 is 2.40 bits per heavy atom. The van der Waals surface area contributed by atoms with Crippen LogP contribution in [0.2, 0.25) is 0 Å². The number of aromatic nitrogens is 2. The lowest BCUT2D eigenvalue weighted by molar-refractivity contribution is 0.0697. The molecule has 0 atom stereocenters. The summed E-state index contributed by atoms with van der Waals surface area (Å²) >= 11 is 0. The molecular formula is C5H5N3O2. The first-order valence-corrected chi connectivity index (χ1v) is 2.52. The van der Waals surface area contributed by atoms with Crippen LogP contribution in [0.15, 0.2) is 12.3 Å². The summed E-state index contributed by atoms with van der Waals surface area (Å²) in [4.78, 5) is 10.3. The zero-order valence-corrected chi connectivity index (χ0v) is 4.98. The quantitative estimate of drug-likeness (QED) is 0.560. The lowest BCUT2D eigenvalue weighted by atomic mass is 10.3.